The molecule has 1 N–H and O–H groups in total. The van der Waals surface area contributed by atoms with Crippen LogP contribution in [0.1, 0.15) is 6.92 Å². The maximum atomic E-state index is 6.24. The van der Waals surface area contributed by atoms with Crippen molar-refractivity contribution in [2.75, 3.05) is 6.54 Å². The van der Waals surface area contributed by atoms with Crippen LogP contribution >= 0.6 is 0 Å². The molecule has 0 fully saturated rings. The Balaban J connectivity index is 2.48. The summed E-state index contributed by atoms with van der Waals surface area (Å²) >= 11 is 0. The lowest BCUT2D eigenvalue weighted by atomic mass is 10.8. The molecular weight excluding hydrogens is 62.1 g/mol. The topological polar surface area (TPSA) is 12.0 Å². The predicted octanol–water partition coefficient (Wildman–Crippen LogP) is 0.143. The third kappa shape index (κ3) is 3.36. The third-order valence-corrected chi connectivity index (χ3v) is 0.265. The van der Waals surface area contributed by atoms with Gasteiger partial charge >= 0.3 is 0 Å². The molecule has 0 rings (SSSR count). The summed E-state index contributed by atoms with van der Waals surface area (Å²) in [5.74, 6) is 0. The Morgan fingerprint density at radius 3 is 2.60 bits per heavy atom. The summed E-state index contributed by atoms with van der Waals surface area (Å²) in [6.45, 7) is 2.71. The summed E-state index contributed by atoms with van der Waals surface area (Å²) in [4.78, 5) is 0. The van der Waals surface area contributed by atoms with Gasteiger partial charge in [0.1, 0.15) is 0 Å². The molecule has 0 spiro atoms. The van der Waals surface area contributed by atoms with Gasteiger partial charge in [-0.3, -0.25) is 0 Å². The fraction of sp³-hybridized carbons (Fsp3) is 0.500. The first kappa shape index (κ1) is 4.36. The van der Waals surface area contributed by atoms with E-state index in [-0.39, 0.29) is 0 Å². The fourth-order valence-corrected chi connectivity index (χ4v) is 0.0884. The van der Waals surface area contributed by atoms with Crippen molar-refractivity contribution in [3.05, 3.63) is 6.42 Å². The minimum atomic E-state index is 0.795. The van der Waals surface area contributed by atoms with E-state index in [0.29, 0.717) is 0 Å². The SMILES string of the molecule is [C]#CNCC. The summed E-state index contributed by atoms with van der Waals surface area (Å²) in [5, 5.41) is 2.53. The number of nitrogens with one attached hydrogen (secondary N) is 1. The first-order valence-corrected chi connectivity index (χ1v) is 1.56. The Hall–Kier alpha value is -0.640. The van der Waals surface area contributed by atoms with E-state index in [4.69, 9.17) is 6.42 Å². The molecule has 1 heteroatoms. The second-order valence-electron chi connectivity index (χ2n) is 0.655. The first-order chi connectivity index (χ1) is 2.41. The van der Waals surface area contributed by atoms with Crippen LogP contribution in [-0.4, -0.2) is 6.54 Å². The summed E-state index contributed by atoms with van der Waals surface area (Å²) in [6, 6.07) is 2.02. The Bertz CT molecular complexity index is 42.1. The molecule has 0 aromatic carbocycles. The van der Waals surface area contributed by atoms with E-state index in [1.807, 2.05) is 13.0 Å². The van der Waals surface area contributed by atoms with Crippen molar-refractivity contribution < 1.29 is 0 Å². The number of rotatable bonds is 1. The zero-order valence-corrected chi connectivity index (χ0v) is 3.21. The molecule has 5 heavy (non-hydrogen) atoms. The first-order valence-electron chi connectivity index (χ1n) is 1.56. The lowest BCUT2D eigenvalue weighted by Gasteiger charge is -1.78. The smallest absolute Gasteiger partial charge is 0.0201 e. The molecule has 0 heterocycles. The van der Waals surface area contributed by atoms with Crippen LogP contribution in [0.5, 0.6) is 0 Å². The van der Waals surface area contributed by atoms with E-state index in [2.05, 4.69) is 5.32 Å². The lowest BCUT2D eigenvalue weighted by molar-refractivity contribution is 0.952. The molecule has 0 amide bonds. The Morgan fingerprint density at radius 2 is 2.60 bits per heavy atom. The standard InChI is InChI=1S/C4H6N/c1-3-5-4-2/h5H,3H2,1H3. The maximum absolute atomic E-state index is 6.24. The van der Waals surface area contributed by atoms with E-state index in [1.54, 1.807) is 0 Å². The minimum absolute atomic E-state index is 0.795. The second-order valence-corrected chi connectivity index (χ2v) is 0.655. The third-order valence-electron chi connectivity index (χ3n) is 0.265. The molecule has 0 atom stereocenters. The zero-order valence-electron chi connectivity index (χ0n) is 3.21. The van der Waals surface area contributed by atoms with Crippen molar-refractivity contribution in [2.24, 2.45) is 0 Å². The van der Waals surface area contributed by atoms with Crippen LogP contribution in [0.3, 0.4) is 0 Å². The van der Waals surface area contributed by atoms with Crippen molar-refractivity contribution in [1.82, 2.24) is 5.32 Å². The molecule has 0 bridgehead atoms. The molecule has 1 radical (unpaired) electrons. The van der Waals surface area contributed by atoms with E-state index in [9.17, 15) is 0 Å². The Kier molecular flexibility index (Phi) is 2.93. The molecule has 0 saturated carbocycles. The van der Waals surface area contributed by atoms with Crippen molar-refractivity contribution in [3.63, 3.8) is 0 Å². The van der Waals surface area contributed by atoms with Gasteiger partial charge in [0.2, 0.25) is 0 Å². The van der Waals surface area contributed by atoms with Crippen molar-refractivity contribution in [3.8, 4) is 6.04 Å². The Morgan fingerprint density at radius 1 is 2.00 bits per heavy atom. The van der Waals surface area contributed by atoms with Gasteiger partial charge in [-0.15, -0.1) is 0 Å². The van der Waals surface area contributed by atoms with Crippen LogP contribution in [-0.2, 0) is 0 Å². The van der Waals surface area contributed by atoms with E-state index >= 15 is 0 Å². The summed E-state index contributed by atoms with van der Waals surface area (Å²) < 4.78 is 0. The normalized spacial score (nSPS) is 5.60. The van der Waals surface area contributed by atoms with Gasteiger partial charge in [0, 0.05) is 19.0 Å². The Labute approximate surface area is 32.4 Å². The van der Waals surface area contributed by atoms with Crippen LogP contribution in [0.4, 0.5) is 0 Å². The zero-order chi connectivity index (χ0) is 4.12. The minimum Gasteiger partial charge on any atom is -0.345 e. The van der Waals surface area contributed by atoms with E-state index in [1.165, 1.54) is 0 Å². The second kappa shape index (κ2) is 3.36. The van der Waals surface area contributed by atoms with Crippen LogP contribution in [0.2, 0.25) is 0 Å². The highest BCUT2D eigenvalue weighted by Gasteiger charge is 1.54. The average Bonchev–Trinajstić information content (AvgIpc) is 1.41. The van der Waals surface area contributed by atoms with Gasteiger partial charge in [0.05, 0.1) is 0 Å². The van der Waals surface area contributed by atoms with Gasteiger partial charge in [-0.1, -0.05) is 0 Å². The quantitative estimate of drug-likeness (QED) is 0.340. The van der Waals surface area contributed by atoms with Crippen LogP contribution in [0.15, 0.2) is 0 Å². The highest BCUT2D eigenvalue weighted by Crippen LogP contribution is 1.40. The van der Waals surface area contributed by atoms with Gasteiger partial charge in [-0.05, 0) is 6.92 Å². The molecule has 0 aliphatic heterocycles. The molecular formula is C4H6N. The largest absolute Gasteiger partial charge is 0.345 e. The van der Waals surface area contributed by atoms with Crippen molar-refractivity contribution in [2.45, 2.75) is 6.92 Å². The number of hydrogen-bond donors (Lipinski definition) is 1. The number of hydrogen-bond acceptors (Lipinski definition) is 1. The van der Waals surface area contributed by atoms with Crippen LogP contribution in [0, 0.1) is 12.5 Å². The molecule has 0 aliphatic carbocycles. The van der Waals surface area contributed by atoms with Crippen LogP contribution < -0.4 is 5.32 Å². The average molecular weight is 68.1 g/mol. The molecule has 0 aliphatic rings. The van der Waals surface area contributed by atoms with Gasteiger partial charge in [0.25, 0.3) is 0 Å². The lowest BCUT2D eigenvalue weighted by Crippen LogP contribution is -2.00. The summed E-state index contributed by atoms with van der Waals surface area (Å²) in [7, 11) is 0. The van der Waals surface area contributed by atoms with Crippen molar-refractivity contribution in [1.29, 1.82) is 0 Å². The molecule has 27 valence electrons. The van der Waals surface area contributed by atoms with Crippen molar-refractivity contribution >= 4 is 0 Å². The predicted molar refractivity (Wildman–Crippen MR) is 20.8 cm³/mol. The van der Waals surface area contributed by atoms with E-state index < -0.39 is 0 Å². The highest BCUT2D eigenvalue weighted by molar-refractivity contribution is 4.67. The summed E-state index contributed by atoms with van der Waals surface area (Å²) in [5.41, 5.74) is 0. The molecule has 0 unspecified atom stereocenters. The molecule has 0 aromatic heterocycles. The van der Waals surface area contributed by atoms with Crippen LogP contribution in [0.25, 0.3) is 0 Å². The summed E-state index contributed by atoms with van der Waals surface area (Å²) in [6.07, 6.45) is 6.24. The van der Waals surface area contributed by atoms with Gasteiger partial charge in [-0.25, -0.2) is 0 Å². The monoisotopic (exact) mass is 68.1 g/mol. The van der Waals surface area contributed by atoms with E-state index in [0.717, 1.165) is 6.54 Å². The molecule has 1 nitrogen and oxygen atoms in total. The fourth-order valence-electron chi connectivity index (χ4n) is 0.0884. The highest BCUT2D eigenvalue weighted by atomic mass is 14.8. The van der Waals surface area contributed by atoms with Gasteiger partial charge in [-0.2, -0.15) is 0 Å². The maximum Gasteiger partial charge on any atom is 0.0201 e. The van der Waals surface area contributed by atoms with Gasteiger partial charge < -0.3 is 5.32 Å². The van der Waals surface area contributed by atoms with Gasteiger partial charge in [0.15, 0.2) is 0 Å². The molecule has 0 saturated heterocycles. The molecule has 0 aromatic rings.